The molecule has 0 saturated heterocycles. The summed E-state index contributed by atoms with van der Waals surface area (Å²) in [5.74, 6) is -2.16. The number of ether oxygens (including phenoxy) is 2. The molecule has 0 aliphatic rings. The fourth-order valence-corrected chi connectivity index (χ4v) is 1.11. The molecule has 1 aromatic heterocycles. The van der Waals surface area contributed by atoms with Gasteiger partial charge in [-0.2, -0.15) is 13.2 Å². The largest absolute Gasteiger partial charge is 0.464 e. The fraction of sp³-hybridized carbons (Fsp3) is 0.300. The van der Waals surface area contributed by atoms with Gasteiger partial charge < -0.3 is 9.47 Å². The lowest BCUT2D eigenvalue weighted by molar-refractivity contribution is -0.137. The van der Waals surface area contributed by atoms with Gasteiger partial charge in [0.1, 0.15) is 11.4 Å². The summed E-state index contributed by atoms with van der Waals surface area (Å²) in [6.07, 6.45) is -4.71. The molecule has 1 heterocycles. The number of carbonyl (C=O) groups is 2. The monoisotopic (exact) mass is 263 g/mol. The number of methoxy groups -OCH3 is 2. The Morgan fingerprint density at radius 1 is 1.06 bits per heavy atom. The number of rotatable bonds is 2. The van der Waals surface area contributed by atoms with Crippen molar-refractivity contribution in [1.29, 1.82) is 0 Å². The summed E-state index contributed by atoms with van der Waals surface area (Å²) in [5.41, 5.74) is -2.42. The number of pyridine rings is 1. The van der Waals surface area contributed by atoms with Crippen LogP contribution in [0.4, 0.5) is 13.2 Å². The Morgan fingerprint density at radius 2 is 1.44 bits per heavy atom. The smallest absolute Gasteiger partial charge is 0.416 e. The molecule has 1 aromatic rings. The van der Waals surface area contributed by atoms with E-state index in [1.807, 2.05) is 0 Å². The number of hydrogen-bond acceptors (Lipinski definition) is 5. The van der Waals surface area contributed by atoms with Gasteiger partial charge in [-0.15, -0.1) is 0 Å². The average Bonchev–Trinajstić information content (AvgIpc) is 2.35. The lowest BCUT2D eigenvalue weighted by Crippen LogP contribution is -2.15. The average molecular weight is 263 g/mol. The molecular weight excluding hydrogens is 255 g/mol. The lowest BCUT2D eigenvalue weighted by atomic mass is 10.2. The number of halogens is 3. The second kappa shape index (κ2) is 5.03. The summed E-state index contributed by atoms with van der Waals surface area (Å²) < 4.78 is 46.2. The molecule has 0 radical (unpaired) electrons. The molecule has 8 heteroatoms. The van der Waals surface area contributed by atoms with Crippen LogP contribution in [0.2, 0.25) is 0 Å². The number of hydrogen-bond donors (Lipinski definition) is 0. The van der Waals surface area contributed by atoms with Crippen molar-refractivity contribution >= 4 is 11.9 Å². The minimum absolute atomic E-state index is 0.498. The summed E-state index contributed by atoms with van der Waals surface area (Å²) in [5, 5.41) is 0. The second-order valence-corrected chi connectivity index (χ2v) is 3.11. The highest BCUT2D eigenvalue weighted by Crippen LogP contribution is 2.30. The van der Waals surface area contributed by atoms with E-state index in [1.165, 1.54) is 0 Å². The highest BCUT2D eigenvalue weighted by atomic mass is 19.4. The summed E-state index contributed by atoms with van der Waals surface area (Å²) in [4.78, 5) is 25.7. The highest BCUT2D eigenvalue weighted by Gasteiger charge is 2.33. The van der Waals surface area contributed by atoms with Crippen molar-refractivity contribution in [3.63, 3.8) is 0 Å². The van der Waals surface area contributed by atoms with Crippen molar-refractivity contribution < 1.29 is 32.2 Å². The van der Waals surface area contributed by atoms with E-state index in [9.17, 15) is 22.8 Å². The van der Waals surface area contributed by atoms with Gasteiger partial charge in [0.25, 0.3) is 0 Å². The summed E-state index contributed by atoms with van der Waals surface area (Å²) >= 11 is 0. The van der Waals surface area contributed by atoms with Gasteiger partial charge in [-0.3, -0.25) is 0 Å². The van der Waals surface area contributed by atoms with Gasteiger partial charge in [0.15, 0.2) is 0 Å². The van der Waals surface area contributed by atoms with E-state index < -0.39 is 35.1 Å². The predicted molar refractivity (Wildman–Crippen MR) is 51.9 cm³/mol. The normalized spacial score (nSPS) is 10.9. The minimum Gasteiger partial charge on any atom is -0.464 e. The van der Waals surface area contributed by atoms with E-state index in [0.29, 0.717) is 12.1 Å². The molecule has 0 aliphatic heterocycles. The van der Waals surface area contributed by atoms with Crippen molar-refractivity contribution in [1.82, 2.24) is 4.98 Å². The van der Waals surface area contributed by atoms with E-state index in [0.717, 1.165) is 14.2 Å². The van der Waals surface area contributed by atoms with Crippen LogP contribution in [-0.2, 0) is 15.7 Å². The van der Waals surface area contributed by atoms with E-state index in [2.05, 4.69) is 14.5 Å². The third-order valence-electron chi connectivity index (χ3n) is 1.94. The number of aromatic nitrogens is 1. The quantitative estimate of drug-likeness (QED) is 0.759. The van der Waals surface area contributed by atoms with E-state index >= 15 is 0 Å². The fourth-order valence-electron chi connectivity index (χ4n) is 1.11. The molecule has 5 nitrogen and oxygen atoms in total. The first-order valence-corrected chi connectivity index (χ1v) is 4.55. The molecule has 0 aliphatic carbocycles. The Labute approximate surface area is 99.5 Å². The van der Waals surface area contributed by atoms with E-state index in [1.54, 1.807) is 0 Å². The molecule has 0 N–H and O–H groups in total. The maximum absolute atomic E-state index is 12.6. The van der Waals surface area contributed by atoms with Crippen LogP contribution in [-0.4, -0.2) is 31.1 Å². The first kappa shape index (κ1) is 13.9. The van der Waals surface area contributed by atoms with E-state index in [4.69, 9.17) is 0 Å². The van der Waals surface area contributed by atoms with Crippen LogP contribution in [0.3, 0.4) is 0 Å². The van der Waals surface area contributed by atoms with Crippen LogP contribution >= 0.6 is 0 Å². The second-order valence-electron chi connectivity index (χ2n) is 3.11. The molecular formula is C10H8F3NO4. The lowest BCUT2D eigenvalue weighted by Gasteiger charge is -2.09. The predicted octanol–water partition coefficient (Wildman–Crippen LogP) is 1.67. The van der Waals surface area contributed by atoms with Crippen molar-refractivity contribution in [2.24, 2.45) is 0 Å². The first-order chi connectivity index (χ1) is 8.29. The molecule has 0 atom stereocenters. The molecule has 1 rings (SSSR count). The minimum atomic E-state index is -4.71. The Kier molecular flexibility index (Phi) is 3.89. The number of nitrogens with zero attached hydrogens (tertiary/aromatic N) is 1. The number of alkyl halides is 3. The molecule has 0 unspecified atom stereocenters. The van der Waals surface area contributed by atoms with Crippen LogP contribution in [0.1, 0.15) is 26.5 Å². The zero-order valence-electron chi connectivity index (χ0n) is 9.37. The van der Waals surface area contributed by atoms with Crippen molar-refractivity contribution in [2.75, 3.05) is 14.2 Å². The van der Waals surface area contributed by atoms with Crippen LogP contribution in [0.15, 0.2) is 12.1 Å². The van der Waals surface area contributed by atoms with Gasteiger partial charge in [-0.25, -0.2) is 14.6 Å². The molecule has 0 amide bonds. The Balaban J connectivity index is 3.38. The Bertz CT molecular complexity index is 450. The zero-order chi connectivity index (χ0) is 13.9. The third-order valence-corrected chi connectivity index (χ3v) is 1.94. The Morgan fingerprint density at radius 3 is 1.72 bits per heavy atom. The maximum atomic E-state index is 12.6. The van der Waals surface area contributed by atoms with Crippen molar-refractivity contribution in [2.45, 2.75) is 6.18 Å². The molecule has 0 bridgehead atoms. The van der Waals surface area contributed by atoms with Crippen LogP contribution in [0.5, 0.6) is 0 Å². The van der Waals surface area contributed by atoms with E-state index in [-0.39, 0.29) is 0 Å². The molecule has 98 valence electrons. The van der Waals surface area contributed by atoms with Crippen molar-refractivity contribution in [3.8, 4) is 0 Å². The molecule has 18 heavy (non-hydrogen) atoms. The third kappa shape index (κ3) is 2.96. The SMILES string of the molecule is COC(=O)c1cc(C(F)(F)F)cc(C(=O)OC)n1. The van der Waals surface area contributed by atoms with Crippen LogP contribution in [0, 0.1) is 0 Å². The first-order valence-electron chi connectivity index (χ1n) is 4.55. The molecule has 0 aromatic carbocycles. The van der Waals surface area contributed by atoms with Gasteiger partial charge in [0, 0.05) is 0 Å². The highest BCUT2D eigenvalue weighted by molar-refractivity contribution is 5.91. The summed E-state index contributed by atoms with van der Waals surface area (Å²) in [6, 6.07) is 0.997. The topological polar surface area (TPSA) is 65.5 Å². The molecule has 0 fully saturated rings. The maximum Gasteiger partial charge on any atom is 0.416 e. The Hall–Kier alpha value is -2.12. The van der Waals surface area contributed by atoms with Gasteiger partial charge in [0.05, 0.1) is 19.8 Å². The zero-order valence-corrected chi connectivity index (χ0v) is 9.37. The van der Waals surface area contributed by atoms with Crippen molar-refractivity contribution in [3.05, 3.63) is 29.1 Å². The standard InChI is InChI=1S/C10H8F3NO4/c1-17-8(15)6-3-5(10(11,12)13)4-7(14-6)9(16)18-2/h3-4H,1-2H3. The number of esters is 2. The molecule has 0 spiro atoms. The van der Waals surface area contributed by atoms with Gasteiger partial charge in [-0.1, -0.05) is 0 Å². The van der Waals surface area contributed by atoms with Gasteiger partial charge in [0.2, 0.25) is 0 Å². The van der Waals surface area contributed by atoms with Crippen LogP contribution in [0.25, 0.3) is 0 Å². The van der Waals surface area contributed by atoms with Gasteiger partial charge >= 0.3 is 18.1 Å². The van der Waals surface area contributed by atoms with Gasteiger partial charge in [-0.05, 0) is 12.1 Å². The summed E-state index contributed by atoms with van der Waals surface area (Å²) in [6.45, 7) is 0. The number of carbonyl (C=O) groups excluding carboxylic acids is 2. The molecule has 0 saturated carbocycles. The van der Waals surface area contributed by atoms with Crippen LogP contribution < -0.4 is 0 Å². The summed E-state index contributed by atoms with van der Waals surface area (Å²) in [7, 11) is 1.98.